The second kappa shape index (κ2) is 6.15. The van der Waals surface area contributed by atoms with Gasteiger partial charge in [-0.1, -0.05) is 0 Å². The maximum atomic E-state index is 13.6. The van der Waals surface area contributed by atoms with Gasteiger partial charge in [-0.25, -0.2) is 4.98 Å². The lowest BCUT2D eigenvalue weighted by Crippen LogP contribution is -2.20. The van der Waals surface area contributed by atoms with Gasteiger partial charge in [-0.15, -0.1) is 10.2 Å². The first-order chi connectivity index (χ1) is 12.0. The first kappa shape index (κ1) is 18.0. The zero-order valence-corrected chi connectivity index (χ0v) is 13.6. The van der Waals surface area contributed by atoms with E-state index in [4.69, 9.17) is 0 Å². The molecule has 0 fully saturated rings. The fourth-order valence-electron chi connectivity index (χ4n) is 2.22. The van der Waals surface area contributed by atoms with Crippen LogP contribution in [0.15, 0.2) is 24.4 Å². The van der Waals surface area contributed by atoms with Gasteiger partial charge in [0.2, 0.25) is 11.7 Å². The van der Waals surface area contributed by atoms with E-state index in [9.17, 15) is 22.0 Å². The van der Waals surface area contributed by atoms with Gasteiger partial charge in [-0.05, 0) is 25.1 Å². The molecular formula is C15H12F5N5O. The van der Waals surface area contributed by atoms with Crippen LogP contribution >= 0.6 is 0 Å². The summed E-state index contributed by atoms with van der Waals surface area (Å²) in [6.45, 7) is 0.738. The molecule has 11 heteroatoms. The molecule has 0 aliphatic heterocycles. The molecule has 0 aliphatic rings. The summed E-state index contributed by atoms with van der Waals surface area (Å²) in [4.78, 5) is 3.85. The average molecular weight is 373 g/mol. The Morgan fingerprint density at radius 1 is 1.12 bits per heavy atom. The van der Waals surface area contributed by atoms with Gasteiger partial charge < -0.3 is 4.74 Å². The molecule has 0 radical (unpaired) electrons. The van der Waals surface area contributed by atoms with Gasteiger partial charge in [0.1, 0.15) is 0 Å². The maximum Gasteiger partial charge on any atom is 0.422 e. The molecule has 0 atom stereocenters. The number of hydrogen-bond acceptors (Lipinski definition) is 5. The molecule has 0 bridgehead atoms. The molecule has 0 amide bonds. The molecule has 0 saturated heterocycles. The molecule has 3 rings (SSSR count). The maximum absolute atomic E-state index is 13.6. The minimum atomic E-state index is -4.48. The van der Waals surface area contributed by atoms with Crippen LogP contribution in [0.4, 0.5) is 22.0 Å². The van der Waals surface area contributed by atoms with Gasteiger partial charge in [0.15, 0.2) is 12.3 Å². The highest BCUT2D eigenvalue weighted by Gasteiger charge is 2.32. The largest absolute Gasteiger partial charge is 0.468 e. The first-order valence-electron chi connectivity index (χ1n) is 7.32. The average Bonchev–Trinajstić information content (AvgIpc) is 2.96. The van der Waals surface area contributed by atoms with Crippen molar-refractivity contribution in [2.45, 2.75) is 25.9 Å². The third-order valence-electron chi connectivity index (χ3n) is 3.35. The van der Waals surface area contributed by atoms with Crippen LogP contribution in [0.3, 0.4) is 0 Å². The molecule has 0 spiro atoms. The van der Waals surface area contributed by atoms with Crippen molar-refractivity contribution in [3.63, 3.8) is 0 Å². The van der Waals surface area contributed by atoms with E-state index in [1.165, 1.54) is 31.3 Å². The number of aryl methyl sites for hydroxylation is 1. The van der Waals surface area contributed by atoms with Crippen molar-refractivity contribution in [3.8, 4) is 17.1 Å². The Labute approximate surface area is 143 Å². The lowest BCUT2D eigenvalue weighted by molar-refractivity contribution is -0.154. The van der Waals surface area contributed by atoms with Gasteiger partial charge in [-0.3, -0.25) is 0 Å². The third-order valence-corrected chi connectivity index (χ3v) is 3.35. The van der Waals surface area contributed by atoms with Gasteiger partial charge in [-0.2, -0.15) is 31.6 Å². The lowest BCUT2D eigenvalue weighted by Gasteiger charge is -2.11. The third kappa shape index (κ3) is 3.70. The van der Waals surface area contributed by atoms with E-state index >= 15 is 0 Å². The van der Waals surface area contributed by atoms with E-state index in [1.54, 1.807) is 0 Å². The Morgan fingerprint density at radius 3 is 2.46 bits per heavy atom. The summed E-state index contributed by atoms with van der Waals surface area (Å²) >= 11 is 0. The quantitative estimate of drug-likeness (QED) is 0.655. The minimum Gasteiger partial charge on any atom is -0.468 e. The summed E-state index contributed by atoms with van der Waals surface area (Å²) in [7, 11) is 0. The van der Waals surface area contributed by atoms with E-state index in [2.05, 4.69) is 25.0 Å². The Hall–Kier alpha value is -2.85. The molecule has 3 aromatic rings. The first-order valence-corrected chi connectivity index (χ1v) is 7.32. The van der Waals surface area contributed by atoms with Crippen molar-refractivity contribution < 1.29 is 26.7 Å². The van der Waals surface area contributed by atoms with Crippen LogP contribution in [0.2, 0.25) is 0 Å². The van der Waals surface area contributed by atoms with E-state index < -0.39 is 24.5 Å². The predicted octanol–water partition coefficient (Wildman–Crippen LogP) is 3.55. The van der Waals surface area contributed by atoms with Gasteiger partial charge in [0.25, 0.3) is 0 Å². The summed E-state index contributed by atoms with van der Waals surface area (Å²) in [5.74, 6) is -4.03. The van der Waals surface area contributed by atoms with Crippen molar-refractivity contribution in [2.75, 3.05) is 6.61 Å². The smallest absolute Gasteiger partial charge is 0.422 e. The predicted molar refractivity (Wildman–Crippen MR) is 79.9 cm³/mol. The summed E-state index contributed by atoms with van der Waals surface area (Å²) in [5, 5.41) is 11.1. The van der Waals surface area contributed by atoms with Crippen molar-refractivity contribution in [3.05, 3.63) is 35.8 Å². The van der Waals surface area contributed by atoms with Crippen molar-refractivity contribution >= 4 is 5.65 Å². The molecule has 26 heavy (non-hydrogen) atoms. The van der Waals surface area contributed by atoms with Gasteiger partial charge in [0.05, 0.1) is 5.69 Å². The van der Waals surface area contributed by atoms with Crippen LogP contribution in [-0.2, 0) is 5.92 Å². The Morgan fingerprint density at radius 2 is 1.85 bits per heavy atom. The monoisotopic (exact) mass is 373 g/mol. The number of hydrogen-bond donors (Lipinski definition) is 0. The number of ether oxygens (including phenoxy) is 1. The summed E-state index contributed by atoms with van der Waals surface area (Å²) in [5.41, 5.74) is 1.18. The molecule has 3 aromatic heterocycles. The molecule has 0 unspecified atom stereocenters. The van der Waals surface area contributed by atoms with Gasteiger partial charge in [0, 0.05) is 24.2 Å². The van der Waals surface area contributed by atoms with Gasteiger partial charge >= 0.3 is 12.1 Å². The summed E-state index contributed by atoms with van der Waals surface area (Å²) in [6.07, 6.45) is -3.23. The highest BCUT2D eigenvalue weighted by atomic mass is 19.4. The second-order valence-electron chi connectivity index (χ2n) is 5.65. The van der Waals surface area contributed by atoms with E-state index in [1.807, 2.05) is 0 Å². The lowest BCUT2D eigenvalue weighted by atomic mass is 10.1. The number of nitrogens with zero attached hydrogens (tertiary/aromatic N) is 5. The number of aromatic nitrogens is 5. The minimum absolute atomic E-state index is 0.139. The number of fused-ring (bicyclic) bond motifs is 1. The molecule has 0 saturated carbocycles. The van der Waals surface area contributed by atoms with Crippen LogP contribution < -0.4 is 4.74 Å². The summed E-state index contributed by atoms with van der Waals surface area (Å²) < 4.78 is 69.4. The zero-order valence-electron chi connectivity index (χ0n) is 13.6. The van der Waals surface area contributed by atoms with Crippen molar-refractivity contribution in [2.24, 2.45) is 0 Å². The van der Waals surface area contributed by atoms with Crippen LogP contribution in [0.25, 0.3) is 16.9 Å². The number of pyridine rings is 1. The Kier molecular flexibility index (Phi) is 4.24. The van der Waals surface area contributed by atoms with E-state index in [0.717, 1.165) is 4.52 Å². The van der Waals surface area contributed by atoms with Crippen LogP contribution in [0.5, 0.6) is 5.88 Å². The number of rotatable bonds is 4. The standard InChI is InChI=1S/C15H12F5N5O/c1-8-5-9(6-21-12(8)26-7-15(18,19)20)10-3-4-11-22-23-13(14(2,16)17)25(11)24-10/h3-6H,7H2,1-2H3. The molecule has 0 aromatic carbocycles. The van der Waals surface area contributed by atoms with Crippen LogP contribution in [-0.4, -0.2) is 37.6 Å². The number of halogens is 5. The molecule has 138 valence electrons. The Balaban J connectivity index is 1.95. The second-order valence-corrected chi connectivity index (χ2v) is 5.65. The SMILES string of the molecule is Cc1cc(-c2ccc3nnc(C(C)(F)F)n3n2)cnc1OCC(F)(F)F. The molecule has 6 nitrogen and oxygen atoms in total. The normalized spacial score (nSPS) is 12.6. The molecule has 0 N–H and O–H groups in total. The van der Waals surface area contributed by atoms with Crippen molar-refractivity contribution in [1.82, 2.24) is 24.8 Å². The summed E-state index contributed by atoms with van der Waals surface area (Å²) in [6, 6.07) is 4.48. The highest BCUT2D eigenvalue weighted by Crippen LogP contribution is 2.27. The van der Waals surface area contributed by atoms with Crippen LogP contribution in [0, 0.1) is 6.92 Å². The highest BCUT2D eigenvalue weighted by molar-refractivity contribution is 5.61. The zero-order chi connectivity index (χ0) is 19.1. The van der Waals surface area contributed by atoms with Crippen LogP contribution in [0.1, 0.15) is 18.3 Å². The number of alkyl halides is 5. The molecule has 0 aliphatic carbocycles. The van der Waals surface area contributed by atoms with E-state index in [0.29, 0.717) is 18.1 Å². The fraction of sp³-hybridized carbons (Fsp3) is 0.333. The topological polar surface area (TPSA) is 65.2 Å². The molecule has 3 heterocycles. The fourth-order valence-corrected chi connectivity index (χ4v) is 2.22. The van der Waals surface area contributed by atoms with E-state index in [-0.39, 0.29) is 17.2 Å². The Bertz CT molecular complexity index is 948. The van der Waals surface area contributed by atoms with Crippen molar-refractivity contribution in [1.29, 1.82) is 0 Å². The molecular weight excluding hydrogens is 361 g/mol.